The summed E-state index contributed by atoms with van der Waals surface area (Å²) in [4.78, 5) is 4.09. The Labute approximate surface area is 105 Å². The molecule has 2 rings (SSSR count). The van der Waals surface area contributed by atoms with Gasteiger partial charge in [0, 0.05) is 7.05 Å². The molecular weight excluding hydrogens is 206 g/mol. The van der Waals surface area contributed by atoms with Crippen molar-refractivity contribution in [3.8, 4) is 0 Å². The van der Waals surface area contributed by atoms with Gasteiger partial charge in [0.1, 0.15) is 0 Å². The molecule has 92 valence electrons. The van der Waals surface area contributed by atoms with Crippen LogP contribution in [0.3, 0.4) is 0 Å². The van der Waals surface area contributed by atoms with Crippen LogP contribution in [0.5, 0.6) is 0 Å². The van der Waals surface area contributed by atoms with Crippen LogP contribution in [-0.4, -0.2) is 13.3 Å². The summed E-state index contributed by atoms with van der Waals surface area (Å²) in [6.45, 7) is 2.16. The monoisotopic (exact) mass is 229 g/mol. The van der Waals surface area contributed by atoms with Crippen molar-refractivity contribution in [3.05, 3.63) is 35.4 Å². The maximum atomic E-state index is 4.09. The molecule has 1 aliphatic carbocycles. The second kappa shape index (κ2) is 6.00. The molecule has 0 amide bonds. The number of hydrogen-bond donors (Lipinski definition) is 0. The SMILES string of the molecule is CN=CCC1CCC(c2ccc(C)cc2)CC1. The van der Waals surface area contributed by atoms with Crippen molar-refractivity contribution in [2.24, 2.45) is 10.9 Å². The van der Waals surface area contributed by atoms with Gasteiger partial charge in [-0.15, -0.1) is 0 Å². The van der Waals surface area contributed by atoms with E-state index in [0.29, 0.717) is 0 Å². The Balaban J connectivity index is 1.88. The molecule has 0 aliphatic heterocycles. The number of benzene rings is 1. The van der Waals surface area contributed by atoms with E-state index in [9.17, 15) is 0 Å². The predicted molar refractivity (Wildman–Crippen MR) is 74.9 cm³/mol. The van der Waals surface area contributed by atoms with Crippen molar-refractivity contribution in [3.63, 3.8) is 0 Å². The topological polar surface area (TPSA) is 12.4 Å². The van der Waals surface area contributed by atoms with Gasteiger partial charge in [0.05, 0.1) is 0 Å². The molecule has 0 radical (unpaired) electrons. The predicted octanol–water partition coefficient (Wildman–Crippen LogP) is 4.36. The maximum absolute atomic E-state index is 4.09. The minimum atomic E-state index is 0.797. The maximum Gasteiger partial charge on any atom is 0.0273 e. The van der Waals surface area contributed by atoms with Crippen molar-refractivity contribution in [1.82, 2.24) is 0 Å². The molecule has 0 N–H and O–H groups in total. The van der Waals surface area contributed by atoms with E-state index in [-0.39, 0.29) is 0 Å². The first-order chi connectivity index (χ1) is 8.29. The highest BCUT2D eigenvalue weighted by molar-refractivity contribution is 5.57. The molecule has 1 aliphatic rings. The first kappa shape index (κ1) is 12.3. The van der Waals surface area contributed by atoms with Crippen LogP contribution >= 0.6 is 0 Å². The van der Waals surface area contributed by atoms with E-state index in [1.165, 1.54) is 37.7 Å². The van der Waals surface area contributed by atoms with Crippen LogP contribution in [-0.2, 0) is 0 Å². The van der Waals surface area contributed by atoms with Crippen LogP contribution in [0.1, 0.15) is 49.1 Å². The summed E-state index contributed by atoms with van der Waals surface area (Å²) in [5.41, 5.74) is 2.90. The Morgan fingerprint density at radius 3 is 2.35 bits per heavy atom. The summed E-state index contributed by atoms with van der Waals surface area (Å²) >= 11 is 0. The van der Waals surface area contributed by atoms with Crippen LogP contribution in [0.25, 0.3) is 0 Å². The van der Waals surface area contributed by atoms with Crippen LogP contribution < -0.4 is 0 Å². The van der Waals surface area contributed by atoms with Crippen molar-refractivity contribution in [2.75, 3.05) is 7.05 Å². The van der Waals surface area contributed by atoms with E-state index in [0.717, 1.165) is 11.8 Å². The average molecular weight is 229 g/mol. The van der Waals surface area contributed by atoms with Crippen molar-refractivity contribution >= 4 is 6.21 Å². The molecule has 0 unspecified atom stereocenters. The average Bonchev–Trinajstić information content (AvgIpc) is 2.38. The van der Waals surface area contributed by atoms with Gasteiger partial charge in [-0.2, -0.15) is 0 Å². The minimum absolute atomic E-state index is 0.797. The summed E-state index contributed by atoms with van der Waals surface area (Å²) < 4.78 is 0. The van der Waals surface area contributed by atoms with E-state index < -0.39 is 0 Å². The van der Waals surface area contributed by atoms with Gasteiger partial charge in [0.2, 0.25) is 0 Å². The summed E-state index contributed by atoms with van der Waals surface area (Å²) in [5, 5.41) is 0. The number of rotatable bonds is 3. The first-order valence-corrected chi connectivity index (χ1v) is 6.76. The van der Waals surface area contributed by atoms with Gasteiger partial charge in [0.15, 0.2) is 0 Å². The molecule has 0 heterocycles. The normalized spacial score (nSPS) is 25.3. The first-order valence-electron chi connectivity index (χ1n) is 6.76. The molecule has 0 spiro atoms. The van der Waals surface area contributed by atoms with Crippen LogP contribution in [0, 0.1) is 12.8 Å². The molecule has 1 heteroatoms. The second-order valence-corrected chi connectivity index (χ2v) is 5.30. The van der Waals surface area contributed by atoms with E-state index in [1.807, 2.05) is 7.05 Å². The standard InChI is InChI=1S/C16H23N/c1-13-3-7-15(8-4-13)16-9-5-14(6-10-16)11-12-17-2/h3-4,7-8,12,14,16H,5-6,9-11H2,1-2H3. The summed E-state index contributed by atoms with van der Waals surface area (Å²) in [7, 11) is 1.87. The molecule has 0 atom stereocenters. The zero-order chi connectivity index (χ0) is 12.1. The van der Waals surface area contributed by atoms with Crippen molar-refractivity contribution in [1.29, 1.82) is 0 Å². The lowest BCUT2D eigenvalue weighted by molar-refractivity contribution is 0.335. The van der Waals surface area contributed by atoms with Gasteiger partial charge < -0.3 is 4.99 Å². The number of aliphatic imine (C=N–C) groups is 1. The highest BCUT2D eigenvalue weighted by atomic mass is 14.6. The van der Waals surface area contributed by atoms with Crippen LogP contribution in [0.4, 0.5) is 0 Å². The smallest absolute Gasteiger partial charge is 0.0273 e. The van der Waals surface area contributed by atoms with E-state index in [2.05, 4.69) is 42.4 Å². The minimum Gasteiger partial charge on any atom is -0.301 e. The molecule has 1 aromatic rings. The Morgan fingerprint density at radius 1 is 1.12 bits per heavy atom. The van der Waals surface area contributed by atoms with Crippen LogP contribution in [0.15, 0.2) is 29.3 Å². The van der Waals surface area contributed by atoms with Gasteiger partial charge in [-0.05, 0) is 62.6 Å². The Bertz CT molecular complexity index is 356. The van der Waals surface area contributed by atoms with Gasteiger partial charge in [-0.3, -0.25) is 0 Å². The molecule has 1 fully saturated rings. The lowest BCUT2D eigenvalue weighted by Crippen LogP contribution is -2.13. The quantitative estimate of drug-likeness (QED) is 0.683. The number of nitrogens with zero attached hydrogens (tertiary/aromatic N) is 1. The Hall–Kier alpha value is -1.11. The molecule has 0 aromatic heterocycles. The highest BCUT2D eigenvalue weighted by Gasteiger charge is 2.21. The third kappa shape index (κ3) is 3.42. The molecule has 1 nitrogen and oxygen atoms in total. The highest BCUT2D eigenvalue weighted by Crippen LogP contribution is 2.36. The zero-order valence-corrected chi connectivity index (χ0v) is 11.0. The number of aryl methyl sites for hydroxylation is 1. The molecule has 17 heavy (non-hydrogen) atoms. The molecule has 1 saturated carbocycles. The molecule has 0 bridgehead atoms. The largest absolute Gasteiger partial charge is 0.301 e. The molecular formula is C16H23N. The fourth-order valence-electron chi connectivity index (χ4n) is 2.82. The van der Waals surface area contributed by atoms with E-state index in [4.69, 9.17) is 0 Å². The third-order valence-electron chi connectivity index (χ3n) is 4.02. The lowest BCUT2D eigenvalue weighted by Gasteiger charge is -2.28. The van der Waals surface area contributed by atoms with Gasteiger partial charge in [0.25, 0.3) is 0 Å². The van der Waals surface area contributed by atoms with Gasteiger partial charge in [-0.25, -0.2) is 0 Å². The summed E-state index contributed by atoms with van der Waals surface area (Å²) in [6.07, 6.45) is 8.69. The molecule has 0 saturated heterocycles. The summed E-state index contributed by atoms with van der Waals surface area (Å²) in [5.74, 6) is 1.67. The lowest BCUT2D eigenvalue weighted by atomic mass is 9.77. The Kier molecular flexibility index (Phi) is 4.36. The summed E-state index contributed by atoms with van der Waals surface area (Å²) in [6, 6.07) is 9.11. The fourth-order valence-corrected chi connectivity index (χ4v) is 2.82. The second-order valence-electron chi connectivity index (χ2n) is 5.30. The van der Waals surface area contributed by atoms with E-state index >= 15 is 0 Å². The molecule has 1 aromatic carbocycles. The van der Waals surface area contributed by atoms with Crippen molar-refractivity contribution in [2.45, 2.75) is 44.9 Å². The van der Waals surface area contributed by atoms with Gasteiger partial charge in [-0.1, -0.05) is 29.8 Å². The van der Waals surface area contributed by atoms with Crippen molar-refractivity contribution < 1.29 is 0 Å². The van der Waals surface area contributed by atoms with E-state index in [1.54, 1.807) is 5.56 Å². The fraction of sp³-hybridized carbons (Fsp3) is 0.562. The third-order valence-corrected chi connectivity index (χ3v) is 4.02. The van der Waals surface area contributed by atoms with Gasteiger partial charge >= 0.3 is 0 Å². The zero-order valence-electron chi connectivity index (χ0n) is 11.0. The number of hydrogen-bond acceptors (Lipinski definition) is 1. The van der Waals surface area contributed by atoms with Crippen LogP contribution in [0.2, 0.25) is 0 Å². The Morgan fingerprint density at radius 2 is 1.76 bits per heavy atom.